The summed E-state index contributed by atoms with van der Waals surface area (Å²) in [5.74, 6) is -0.0753. The monoisotopic (exact) mass is 450 g/mol. The highest BCUT2D eigenvalue weighted by Gasteiger charge is 2.15. The van der Waals surface area contributed by atoms with Crippen LogP contribution in [0.25, 0.3) is 0 Å². The number of halogens is 1. The van der Waals surface area contributed by atoms with Crippen LogP contribution in [-0.2, 0) is 6.54 Å². The van der Waals surface area contributed by atoms with Gasteiger partial charge in [-0.1, -0.05) is 24.3 Å². The van der Waals surface area contributed by atoms with Gasteiger partial charge >= 0.3 is 6.03 Å². The highest BCUT2D eigenvalue weighted by atomic mass is 19.1. The average Bonchev–Trinajstić information content (AvgIpc) is 2.79. The first-order valence-electron chi connectivity index (χ1n) is 10.5. The molecule has 3 N–H and O–H groups in total. The number of ether oxygens (including phenoxy) is 1. The topological polar surface area (TPSA) is 82.7 Å². The van der Waals surface area contributed by atoms with Crippen molar-refractivity contribution < 1.29 is 18.7 Å². The molecule has 0 aromatic heterocycles. The van der Waals surface area contributed by atoms with E-state index in [-0.39, 0.29) is 18.3 Å². The van der Waals surface area contributed by atoms with Crippen molar-refractivity contribution in [3.63, 3.8) is 0 Å². The molecule has 0 saturated carbocycles. The SMILES string of the molecule is CCOc1ccccc1NC(=O)Nc1ccc(N(C)C)c(C(=O)NCc2ccc(F)cc2)c1. The lowest BCUT2D eigenvalue weighted by Crippen LogP contribution is -2.26. The number of carbonyl (C=O) groups excluding carboxylic acids is 2. The van der Waals surface area contributed by atoms with E-state index in [0.29, 0.717) is 35.0 Å². The van der Waals surface area contributed by atoms with Crippen LogP contribution in [0.3, 0.4) is 0 Å². The number of benzene rings is 3. The molecule has 33 heavy (non-hydrogen) atoms. The first-order chi connectivity index (χ1) is 15.9. The van der Waals surface area contributed by atoms with Crippen LogP contribution in [-0.4, -0.2) is 32.6 Å². The fourth-order valence-corrected chi connectivity index (χ4v) is 3.20. The van der Waals surface area contributed by atoms with Gasteiger partial charge in [-0.15, -0.1) is 0 Å². The second-order valence-corrected chi connectivity index (χ2v) is 7.44. The van der Waals surface area contributed by atoms with Gasteiger partial charge in [-0.2, -0.15) is 0 Å². The second-order valence-electron chi connectivity index (χ2n) is 7.44. The number of nitrogens with zero attached hydrogens (tertiary/aromatic N) is 1. The maximum Gasteiger partial charge on any atom is 0.323 e. The molecule has 0 aliphatic heterocycles. The third-order valence-corrected chi connectivity index (χ3v) is 4.78. The van der Waals surface area contributed by atoms with Crippen molar-refractivity contribution in [1.29, 1.82) is 0 Å². The Morgan fingerprint density at radius 3 is 2.39 bits per heavy atom. The highest BCUT2D eigenvalue weighted by Crippen LogP contribution is 2.25. The van der Waals surface area contributed by atoms with E-state index < -0.39 is 6.03 Å². The van der Waals surface area contributed by atoms with Gasteiger partial charge in [0.1, 0.15) is 11.6 Å². The summed E-state index contributed by atoms with van der Waals surface area (Å²) in [6.07, 6.45) is 0. The number of para-hydroxylation sites is 2. The Hall–Kier alpha value is -4.07. The summed E-state index contributed by atoms with van der Waals surface area (Å²) in [5, 5.41) is 8.36. The molecule has 0 bridgehead atoms. The summed E-state index contributed by atoms with van der Waals surface area (Å²) >= 11 is 0. The van der Waals surface area contributed by atoms with Crippen molar-refractivity contribution in [3.8, 4) is 5.75 Å². The van der Waals surface area contributed by atoms with Crippen molar-refractivity contribution in [2.45, 2.75) is 13.5 Å². The fourth-order valence-electron chi connectivity index (χ4n) is 3.20. The second kappa shape index (κ2) is 11.0. The van der Waals surface area contributed by atoms with Crippen LogP contribution in [0.15, 0.2) is 66.7 Å². The van der Waals surface area contributed by atoms with E-state index in [0.717, 1.165) is 5.56 Å². The van der Waals surface area contributed by atoms with Gasteiger partial charge in [0.2, 0.25) is 0 Å². The van der Waals surface area contributed by atoms with E-state index in [9.17, 15) is 14.0 Å². The maximum absolute atomic E-state index is 13.1. The summed E-state index contributed by atoms with van der Waals surface area (Å²) < 4.78 is 18.6. The van der Waals surface area contributed by atoms with E-state index >= 15 is 0 Å². The van der Waals surface area contributed by atoms with Gasteiger partial charge in [0.15, 0.2) is 0 Å². The Morgan fingerprint density at radius 1 is 0.970 bits per heavy atom. The van der Waals surface area contributed by atoms with Crippen LogP contribution in [0, 0.1) is 5.82 Å². The predicted octanol–water partition coefficient (Wildman–Crippen LogP) is 4.86. The number of carbonyl (C=O) groups is 2. The molecule has 8 heteroatoms. The summed E-state index contributed by atoms with van der Waals surface area (Å²) in [4.78, 5) is 27.3. The van der Waals surface area contributed by atoms with Crippen LogP contribution < -0.4 is 25.6 Å². The van der Waals surface area contributed by atoms with Crippen LogP contribution in [0.4, 0.5) is 26.2 Å². The molecule has 0 unspecified atom stereocenters. The molecule has 3 amide bonds. The molecule has 3 aromatic rings. The van der Waals surface area contributed by atoms with Gasteiger partial charge in [0, 0.05) is 32.0 Å². The lowest BCUT2D eigenvalue weighted by molar-refractivity contribution is 0.0951. The van der Waals surface area contributed by atoms with E-state index in [1.807, 2.05) is 32.0 Å². The molecule has 7 nitrogen and oxygen atoms in total. The summed E-state index contributed by atoms with van der Waals surface area (Å²) in [6, 6.07) is 17.7. The van der Waals surface area contributed by atoms with E-state index in [1.54, 1.807) is 48.5 Å². The Balaban J connectivity index is 1.73. The number of anilines is 3. The number of amides is 3. The molecule has 0 saturated heterocycles. The number of hydrogen-bond acceptors (Lipinski definition) is 4. The van der Waals surface area contributed by atoms with Gasteiger partial charge in [-0.05, 0) is 55.0 Å². The van der Waals surface area contributed by atoms with Crippen LogP contribution in [0.5, 0.6) is 5.75 Å². The largest absolute Gasteiger partial charge is 0.492 e. The molecule has 172 valence electrons. The molecule has 0 atom stereocenters. The molecule has 0 radical (unpaired) electrons. The Morgan fingerprint density at radius 2 is 1.70 bits per heavy atom. The van der Waals surface area contributed by atoms with Crippen LogP contribution in [0.1, 0.15) is 22.8 Å². The first-order valence-corrected chi connectivity index (χ1v) is 10.5. The van der Waals surface area contributed by atoms with E-state index in [2.05, 4.69) is 16.0 Å². The summed E-state index contributed by atoms with van der Waals surface area (Å²) in [6.45, 7) is 2.59. The molecule has 3 aromatic carbocycles. The normalized spacial score (nSPS) is 10.3. The smallest absolute Gasteiger partial charge is 0.323 e. The predicted molar refractivity (Wildman–Crippen MR) is 129 cm³/mol. The van der Waals surface area contributed by atoms with Crippen molar-refractivity contribution in [2.75, 3.05) is 36.2 Å². The zero-order valence-electron chi connectivity index (χ0n) is 18.8. The van der Waals surface area contributed by atoms with Crippen molar-refractivity contribution >= 4 is 29.0 Å². The van der Waals surface area contributed by atoms with Crippen molar-refractivity contribution in [1.82, 2.24) is 5.32 Å². The zero-order chi connectivity index (χ0) is 23.8. The van der Waals surface area contributed by atoms with E-state index in [4.69, 9.17) is 4.74 Å². The maximum atomic E-state index is 13.1. The Kier molecular flexibility index (Phi) is 7.86. The van der Waals surface area contributed by atoms with Crippen molar-refractivity contribution in [3.05, 3.63) is 83.7 Å². The Bertz CT molecular complexity index is 1120. The third kappa shape index (κ3) is 6.46. The molecule has 3 rings (SSSR count). The molecule has 0 fully saturated rings. The van der Waals surface area contributed by atoms with Gasteiger partial charge in [-0.3, -0.25) is 4.79 Å². The average molecular weight is 451 g/mol. The van der Waals surface area contributed by atoms with Crippen molar-refractivity contribution in [2.24, 2.45) is 0 Å². The standard InChI is InChI=1S/C25H27FN4O3/c1-4-33-23-8-6-5-7-21(23)29-25(32)28-19-13-14-22(30(2)3)20(15-19)24(31)27-16-17-9-11-18(26)12-10-17/h5-15H,4,16H2,1-3H3,(H,27,31)(H2,28,29,32). The number of nitrogens with one attached hydrogen (secondary N) is 3. The molecular formula is C25H27FN4O3. The minimum absolute atomic E-state index is 0.248. The number of rotatable bonds is 8. The quantitative estimate of drug-likeness (QED) is 0.458. The molecule has 0 heterocycles. The zero-order valence-corrected chi connectivity index (χ0v) is 18.8. The number of hydrogen-bond donors (Lipinski definition) is 3. The van der Waals surface area contributed by atoms with Gasteiger partial charge in [0.25, 0.3) is 5.91 Å². The minimum atomic E-state index is -0.461. The Labute approximate surface area is 192 Å². The summed E-state index contributed by atoms with van der Waals surface area (Å²) in [5.41, 5.74) is 2.87. The molecule has 0 aliphatic rings. The molecule has 0 spiro atoms. The lowest BCUT2D eigenvalue weighted by Gasteiger charge is -2.19. The lowest BCUT2D eigenvalue weighted by atomic mass is 10.1. The minimum Gasteiger partial charge on any atom is -0.492 e. The molecular weight excluding hydrogens is 423 g/mol. The molecule has 0 aliphatic carbocycles. The highest BCUT2D eigenvalue weighted by molar-refractivity contribution is 6.04. The first kappa shape index (κ1) is 23.6. The third-order valence-electron chi connectivity index (χ3n) is 4.78. The van der Waals surface area contributed by atoms with Crippen LogP contribution >= 0.6 is 0 Å². The van der Waals surface area contributed by atoms with Gasteiger partial charge < -0.3 is 25.6 Å². The van der Waals surface area contributed by atoms with Gasteiger partial charge in [0.05, 0.1) is 17.9 Å². The van der Waals surface area contributed by atoms with E-state index in [1.165, 1.54) is 12.1 Å². The van der Waals surface area contributed by atoms with Gasteiger partial charge in [-0.25, -0.2) is 9.18 Å². The number of urea groups is 1. The fraction of sp³-hybridized carbons (Fsp3) is 0.200. The summed E-state index contributed by atoms with van der Waals surface area (Å²) in [7, 11) is 3.66. The van der Waals surface area contributed by atoms with Crippen LogP contribution in [0.2, 0.25) is 0 Å².